The second kappa shape index (κ2) is 30.2. The van der Waals surface area contributed by atoms with E-state index in [1.165, 1.54) is 147 Å². The van der Waals surface area contributed by atoms with Crippen LogP contribution in [0, 0.1) is 0 Å². The SMILES string of the molecule is CCCCC/C=C\C/C=C\CCCCCCCCC1(CCCCCCCC/C=C\C/C=C\CCCCC)O[C@H]2C[C@H](N(C)Cc3cccnc3)C[C@H]2O1. The first-order valence-electron chi connectivity index (χ1n) is 22.7. The van der Waals surface area contributed by atoms with Gasteiger partial charge in [-0.05, 0) is 109 Å². The molecule has 0 spiro atoms. The number of aromatic nitrogens is 1. The van der Waals surface area contributed by atoms with Crippen molar-refractivity contribution in [3.05, 3.63) is 78.7 Å². The molecule has 2 fully saturated rings. The van der Waals surface area contributed by atoms with Gasteiger partial charge in [-0.2, -0.15) is 0 Å². The lowest BCUT2D eigenvalue weighted by atomic mass is 9.98. The Morgan fingerprint density at radius 3 is 1.47 bits per heavy atom. The average molecular weight is 731 g/mol. The Kier molecular flexibility index (Phi) is 25.9. The molecule has 1 aromatic rings. The number of hydrogen-bond donors (Lipinski definition) is 0. The quantitative estimate of drug-likeness (QED) is 0.0533. The molecule has 4 nitrogen and oxygen atoms in total. The lowest BCUT2D eigenvalue weighted by Gasteiger charge is -2.32. The summed E-state index contributed by atoms with van der Waals surface area (Å²) >= 11 is 0. The maximum atomic E-state index is 6.97. The first kappa shape index (κ1) is 45.4. The van der Waals surface area contributed by atoms with Crippen LogP contribution in [-0.4, -0.2) is 41.0 Å². The van der Waals surface area contributed by atoms with Crippen LogP contribution in [0.25, 0.3) is 0 Å². The molecule has 1 aliphatic carbocycles. The Hall–Kier alpha value is -2.01. The molecule has 4 heteroatoms. The fourth-order valence-corrected chi connectivity index (χ4v) is 8.16. The van der Waals surface area contributed by atoms with E-state index in [4.69, 9.17) is 9.47 Å². The molecular weight excluding hydrogens is 649 g/mol. The highest BCUT2D eigenvalue weighted by molar-refractivity contribution is 5.09. The molecule has 1 saturated heterocycles. The Bertz CT molecular complexity index is 1050. The number of fused-ring (bicyclic) bond motifs is 1. The number of allylic oxidation sites excluding steroid dienone is 8. The molecule has 0 radical (unpaired) electrons. The summed E-state index contributed by atoms with van der Waals surface area (Å²) in [7, 11) is 2.25. The van der Waals surface area contributed by atoms with E-state index < -0.39 is 0 Å². The molecule has 3 rings (SSSR count). The van der Waals surface area contributed by atoms with Gasteiger partial charge >= 0.3 is 0 Å². The highest BCUT2D eigenvalue weighted by atomic mass is 16.8. The summed E-state index contributed by atoms with van der Waals surface area (Å²) in [5.74, 6) is -0.354. The molecular formula is C49H82N2O2. The second-order valence-corrected chi connectivity index (χ2v) is 16.3. The summed E-state index contributed by atoms with van der Waals surface area (Å²) in [5.41, 5.74) is 1.28. The van der Waals surface area contributed by atoms with Crippen LogP contribution in [0.1, 0.15) is 199 Å². The van der Waals surface area contributed by atoms with Crippen molar-refractivity contribution >= 4 is 0 Å². The number of rotatable bonds is 33. The molecule has 0 bridgehead atoms. The fourth-order valence-electron chi connectivity index (χ4n) is 8.16. The van der Waals surface area contributed by atoms with Crippen LogP contribution in [0.5, 0.6) is 0 Å². The zero-order valence-electron chi connectivity index (χ0n) is 34.9. The van der Waals surface area contributed by atoms with Gasteiger partial charge in [0.15, 0.2) is 5.79 Å². The fraction of sp³-hybridized carbons (Fsp3) is 0.735. The van der Waals surface area contributed by atoms with Crippen LogP contribution in [0.15, 0.2) is 73.1 Å². The molecule has 2 heterocycles. The first-order chi connectivity index (χ1) is 26.2. The van der Waals surface area contributed by atoms with E-state index in [0.29, 0.717) is 6.04 Å². The van der Waals surface area contributed by atoms with Gasteiger partial charge in [-0.1, -0.05) is 146 Å². The smallest absolute Gasteiger partial charge is 0.169 e. The lowest BCUT2D eigenvalue weighted by Crippen LogP contribution is -2.35. The molecule has 300 valence electrons. The molecule has 2 aliphatic rings. The van der Waals surface area contributed by atoms with Gasteiger partial charge in [-0.3, -0.25) is 9.88 Å². The van der Waals surface area contributed by atoms with Crippen molar-refractivity contribution in [3.63, 3.8) is 0 Å². The number of hydrogen-bond acceptors (Lipinski definition) is 4. The minimum Gasteiger partial charge on any atom is -0.344 e. The van der Waals surface area contributed by atoms with Crippen molar-refractivity contribution in [2.45, 2.75) is 224 Å². The molecule has 53 heavy (non-hydrogen) atoms. The summed E-state index contributed by atoms with van der Waals surface area (Å²) in [6.45, 7) is 5.47. The van der Waals surface area contributed by atoms with Gasteiger partial charge in [-0.15, -0.1) is 0 Å². The highest BCUT2D eigenvalue weighted by Crippen LogP contribution is 2.45. The third kappa shape index (κ3) is 21.0. The summed E-state index contributed by atoms with van der Waals surface area (Å²) in [6.07, 6.45) is 58.3. The standard InChI is InChI=1S/C49H82N2O2/c1-4-6-8-10-12-14-16-18-20-22-24-26-28-30-32-34-38-49(39-35-33-31-29-27-25-23-21-19-17-15-13-11-9-7-5-2)52-47-41-46(42-48(47)53-49)51(3)44-45-37-36-40-50-43-45/h12-15,18-21,36-37,40,43,46-48H,4-11,16-17,22-35,38-39,41-42,44H2,1-3H3/b14-12-,15-13-,20-18-,21-19-/t46-,47-,48+. The van der Waals surface area contributed by atoms with E-state index in [1.54, 1.807) is 0 Å². The Labute approximate surface area is 328 Å². The molecule has 0 aromatic carbocycles. The molecule has 1 saturated carbocycles. The van der Waals surface area contributed by atoms with Crippen molar-refractivity contribution in [1.29, 1.82) is 0 Å². The Morgan fingerprint density at radius 1 is 0.604 bits per heavy atom. The van der Waals surface area contributed by atoms with Crippen LogP contribution in [0.3, 0.4) is 0 Å². The van der Waals surface area contributed by atoms with Crippen LogP contribution < -0.4 is 0 Å². The van der Waals surface area contributed by atoms with E-state index in [1.807, 2.05) is 18.5 Å². The molecule has 0 amide bonds. The second-order valence-electron chi connectivity index (χ2n) is 16.3. The van der Waals surface area contributed by atoms with E-state index in [0.717, 1.165) is 45.1 Å². The third-order valence-corrected chi connectivity index (χ3v) is 11.5. The summed E-state index contributed by atoms with van der Waals surface area (Å²) in [4.78, 5) is 6.80. The van der Waals surface area contributed by atoms with E-state index in [2.05, 4.69) is 85.5 Å². The summed E-state index contributed by atoms with van der Waals surface area (Å²) in [5, 5.41) is 0. The maximum Gasteiger partial charge on any atom is 0.169 e. The van der Waals surface area contributed by atoms with Crippen molar-refractivity contribution < 1.29 is 9.47 Å². The monoisotopic (exact) mass is 731 g/mol. The largest absolute Gasteiger partial charge is 0.344 e. The number of pyridine rings is 1. The van der Waals surface area contributed by atoms with Crippen molar-refractivity contribution in [2.24, 2.45) is 0 Å². The number of unbranched alkanes of at least 4 members (excludes halogenated alkanes) is 18. The van der Waals surface area contributed by atoms with Gasteiger partial charge in [0, 0.05) is 37.8 Å². The van der Waals surface area contributed by atoms with Crippen LogP contribution in [0.4, 0.5) is 0 Å². The third-order valence-electron chi connectivity index (χ3n) is 11.5. The van der Waals surface area contributed by atoms with Crippen molar-refractivity contribution in [1.82, 2.24) is 9.88 Å². The van der Waals surface area contributed by atoms with E-state index >= 15 is 0 Å². The zero-order valence-corrected chi connectivity index (χ0v) is 34.9. The molecule has 0 unspecified atom stereocenters. The van der Waals surface area contributed by atoms with Crippen LogP contribution in [0.2, 0.25) is 0 Å². The van der Waals surface area contributed by atoms with Gasteiger partial charge in [-0.25, -0.2) is 0 Å². The predicted octanol–water partition coefficient (Wildman–Crippen LogP) is 14.6. The Balaban J connectivity index is 1.31. The average Bonchev–Trinajstić information content (AvgIpc) is 3.72. The lowest BCUT2D eigenvalue weighted by molar-refractivity contribution is -0.193. The minimum absolute atomic E-state index is 0.241. The summed E-state index contributed by atoms with van der Waals surface area (Å²) in [6, 6.07) is 4.72. The van der Waals surface area contributed by atoms with Gasteiger partial charge in [0.05, 0.1) is 12.2 Å². The van der Waals surface area contributed by atoms with E-state index in [-0.39, 0.29) is 18.0 Å². The molecule has 1 aliphatic heterocycles. The maximum absolute atomic E-state index is 6.97. The predicted molar refractivity (Wildman–Crippen MR) is 229 cm³/mol. The van der Waals surface area contributed by atoms with Crippen molar-refractivity contribution in [2.75, 3.05) is 7.05 Å². The zero-order chi connectivity index (χ0) is 37.5. The molecule has 3 atom stereocenters. The highest BCUT2D eigenvalue weighted by Gasteiger charge is 2.51. The van der Waals surface area contributed by atoms with Gasteiger partial charge in [0.2, 0.25) is 0 Å². The number of nitrogens with zero attached hydrogens (tertiary/aromatic N) is 2. The molecule has 0 N–H and O–H groups in total. The summed E-state index contributed by atoms with van der Waals surface area (Å²) < 4.78 is 13.9. The first-order valence-corrected chi connectivity index (χ1v) is 22.7. The minimum atomic E-state index is -0.354. The van der Waals surface area contributed by atoms with Gasteiger partial charge in [0.1, 0.15) is 0 Å². The Morgan fingerprint density at radius 2 is 1.04 bits per heavy atom. The van der Waals surface area contributed by atoms with Crippen LogP contribution in [-0.2, 0) is 16.0 Å². The topological polar surface area (TPSA) is 34.6 Å². The van der Waals surface area contributed by atoms with Crippen LogP contribution >= 0.6 is 0 Å². The van der Waals surface area contributed by atoms with Gasteiger partial charge < -0.3 is 9.47 Å². The normalized spacial score (nSPS) is 20.0. The molecule has 1 aromatic heterocycles. The number of ether oxygens (including phenoxy) is 2. The van der Waals surface area contributed by atoms with Gasteiger partial charge in [0.25, 0.3) is 0 Å². The van der Waals surface area contributed by atoms with E-state index in [9.17, 15) is 0 Å². The van der Waals surface area contributed by atoms with Crippen molar-refractivity contribution in [3.8, 4) is 0 Å².